The van der Waals surface area contributed by atoms with Crippen molar-refractivity contribution >= 4 is 11.8 Å². The number of benzene rings is 1. The summed E-state index contributed by atoms with van der Waals surface area (Å²) in [7, 11) is 2.01. The Morgan fingerprint density at radius 1 is 1.26 bits per heavy atom. The molecule has 1 aromatic heterocycles. The molecular weight excluding hydrogens is 254 g/mol. The minimum atomic E-state index is 0.888. The second-order valence-corrected chi connectivity index (χ2v) is 5.61. The summed E-state index contributed by atoms with van der Waals surface area (Å²) in [4.78, 5) is 1.33. The predicted octanol–water partition coefficient (Wildman–Crippen LogP) is 2.86. The van der Waals surface area contributed by atoms with Gasteiger partial charge in [-0.2, -0.15) is 5.10 Å². The van der Waals surface area contributed by atoms with Crippen molar-refractivity contribution < 1.29 is 0 Å². The predicted molar refractivity (Wildman–Crippen MR) is 81.5 cm³/mol. The first-order valence-electron chi connectivity index (χ1n) is 6.70. The maximum Gasteiger partial charge on any atom is 0.0625 e. The first-order valence-corrected chi connectivity index (χ1v) is 7.68. The lowest BCUT2D eigenvalue weighted by atomic mass is 10.3. The summed E-state index contributed by atoms with van der Waals surface area (Å²) in [5.74, 6) is 1.09. The largest absolute Gasteiger partial charge is 0.310 e. The van der Waals surface area contributed by atoms with Gasteiger partial charge in [0.15, 0.2) is 0 Å². The number of thioether (sulfide) groups is 1. The van der Waals surface area contributed by atoms with Crippen LogP contribution in [0.2, 0.25) is 0 Å². The van der Waals surface area contributed by atoms with Gasteiger partial charge in [-0.05, 0) is 24.6 Å². The summed E-state index contributed by atoms with van der Waals surface area (Å²) < 4.78 is 1.97. The van der Waals surface area contributed by atoms with Crippen LogP contribution in [0.25, 0.3) is 0 Å². The van der Waals surface area contributed by atoms with Crippen molar-refractivity contribution in [3.05, 3.63) is 47.8 Å². The van der Waals surface area contributed by atoms with E-state index in [-0.39, 0.29) is 0 Å². The van der Waals surface area contributed by atoms with Crippen LogP contribution in [0.3, 0.4) is 0 Å². The van der Waals surface area contributed by atoms with Crippen LogP contribution in [0.1, 0.15) is 18.3 Å². The van der Waals surface area contributed by atoms with E-state index in [9.17, 15) is 0 Å². The first-order chi connectivity index (χ1) is 9.29. The van der Waals surface area contributed by atoms with E-state index in [0.717, 1.165) is 31.0 Å². The summed E-state index contributed by atoms with van der Waals surface area (Å²) in [5, 5.41) is 7.92. The van der Waals surface area contributed by atoms with Gasteiger partial charge in [0.1, 0.15) is 0 Å². The van der Waals surface area contributed by atoms with E-state index in [1.165, 1.54) is 10.6 Å². The molecule has 4 heteroatoms. The molecule has 0 spiro atoms. The summed E-state index contributed by atoms with van der Waals surface area (Å²) in [6.07, 6.45) is 0.998. The molecule has 1 heterocycles. The molecule has 102 valence electrons. The van der Waals surface area contributed by atoms with Gasteiger partial charge in [0.2, 0.25) is 0 Å². The molecule has 0 saturated heterocycles. The maximum atomic E-state index is 4.45. The van der Waals surface area contributed by atoms with Crippen LogP contribution in [-0.4, -0.2) is 22.1 Å². The summed E-state index contributed by atoms with van der Waals surface area (Å²) in [6.45, 7) is 4.03. The minimum absolute atomic E-state index is 0.888. The third-order valence-corrected chi connectivity index (χ3v) is 4.00. The van der Waals surface area contributed by atoms with E-state index in [1.54, 1.807) is 0 Å². The van der Waals surface area contributed by atoms with E-state index in [0.29, 0.717) is 0 Å². The fourth-order valence-electron chi connectivity index (χ4n) is 1.88. The lowest BCUT2D eigenvalue weighted by Crippen LogP contribution is -2.18. The zero-order valence-corrected chi connectivity index (χ0v) is 12.4. The van der Waals surface area contributed by atoms with E-state index in [2.05, 4.69) is 53.7 Å². The van der Waals surface area contributed by atoms with Crippen LogP contribution < -0.4 is 5.32 Å². The van der Waals surface area contributed by atoms with Gasteiger partial charge in [0.05, 0.1) is 11.4 Å². The molecular formula is C15H21N3S. The lowest BCUT2D eigenvalue weighted by molar-refractivity contribution is 0.641. The zero-order chi connectivity index (χ0) is 13.5. The van der Waals surface area contributed by atoms with Crippen LogP contribution in [-0.2, 0) is 20.0 Å². The van der Waals surface area contributed by atoms with E-state index in [4.69, 9.17) is 0 Å². The van der Waals surface area contributed by atoms with Gasteiger partial charge in [-0.1, -0.05) is 25.1 Å². The topological polar surface area (TPSA) is 29.9 Å². The maximum absolute atomic E-state index is 4.45. The molecule has 0 radical (unpaired) electrons. The highest BCUT2D eigenvalue weighted by Gasteiger charge is 2.02. The number of aromatic nitrogens is 2. The van der Waals surface area contributed by atoms with Crippen LogP contribution in [0.15, 0.2) is 41.3 Å². The molecule has 0 aliphatic heterocycles. The van der Waals surface area contributed by atoms with Gasteiger partial charge in [-0.25, -0.2) is 0 Å². The fraction of sp³-hybridized carbons (Fsp3) is 0.400. The number of nitrogens with one attached hydrogen (secondary N) is 1. The van der Waals surface area contributed by atoms with Crippen LogP contribution in [0, 0.1) is 0 Å². The summed E-state index contributed by atoms with van der Waals surface area (Å²) in [6, 6.07) is 12.7. The van der Waals surface area contributed by atoms with Gasteiger partial charge in [0, 0.05) is 30.8 Å². The summed E-state index contributed by atoms with van der Waals surface area (Å²) >= 11 is 1.88. The third-order valence-electron chi connectivity index (χ3n) is 2.99. The van der Waals surface area contributed by atoms with Gasteiger partial charge < -0.3 is 5.32 Å². The molecule has 19 heavy (non-hydrogen) atoms. The Labute approximate surface area is 119 Å². The average Bonchev–Trinajstić information content (AvgIpc) is 2.80. The quantitative estimate of drug-likeness (QED) is 0.622. The molecule has 0 saturated carbocycles. The van der Waals surface area contributed by atoms with Crippen molar-refractivity contribution in [3.63, 3.8) is 0 Å². The molecule has 1 aromatic carbocycles. The Bertz CT molecular complexity index is 493. The molecule has 2 aromatic rings. The number of rotatable bonds is 7. The van der Waals surface area contributed by atoms with Crippen LogP contribution >= 0.6 is 11.8 Å². The highest BCUT2D eigenvalue weighted by molar-refractivity contribution is 7.99. The molecule has 2 rings (SSSR count). The van der Waals surface area contributed by atoms with Gasteiger partial charge >= 0.3 is 0 Å². The molecule has 0 fully saturated rings. The molecule has 0 aliphatic carbocycles. The minimum Gasteiger partial charge on any atom is -0.310 e. The van der Waals surface area contributed by atoms with Gasteiger partial charge in [0.25, 0.3) is 0 Å². The Morgan fingerprint density at radius 3 is 2.74 bits per heavy atom. The Kier molecular flexibility index (Phi) is 5.48. The van der Waals surface area contributed by atoms with Gasteiger partial charge in [-0.15, -0.1) is 11.8 Å². The van der Waals surface area contributed by atoms with Crippen LogP contribution in [0.5, 0.6) is 0 Å². The van der Waals surface area contributed by atoms with Crippen molar-refractivity contribution in [2.45, 2.75) is 24.8 Å². The van der Waals surface area contributed by atoms with Crippen molar-refractivity contribution in [2.75, 3.05) is 12.3 Å². The molecule has 0 amide bonds. The molecule has 1 N–H and O–H groups in total. The fourth-order valence-corrected chi connectivity index (χ4v) is 2.72. The highest BCUT2D eigenvalue weighted by atomic mass is 32.2. The number of hydrogen-bond donors (Lipinski definition) is 1. The third kappa shape index (κ3) is 4.40. The smallest absolute Gasteiger partial charge is 0.0625 e. The second kappa shape index (κ2) is 7.36. The molecule has 0 atom stereocenters. The van der Waals surface area contributed by atoms with Gasteiger partial charge in [-0.3, -0.25) is 4.68 Å². The second-order valence-electron chi connectivity index (χ2n) is 4.44. The van der Waals surface area contributed by atoms with E-state index >= 15 is 0 Å². The Hall–Kier alpha value is -1.26. The number of hydrogen-bond acceptors (Lipinski definition) is 3. The number of aryl methyl sites for hydroxylation is 2. The average molecular weight is 275 g/mol. The van der Waals surface area contributed by atoms with Crippen molar-refractivity contribution in [1.29, 1.82) is 0 Å². The molecule has 0 bridgehead atoms. The van der Waals surface area contributed by atoms with E-state index < -0.39 is 0 Å². The van der Waals surface area contributed by atoms with Crippen molar-refractivity contribution in [2.24, 2.45) is 7.05 Å². The lowest BCUT2D eigenvalue weighted by Gasteiger charge is -2.05. The SMILES string of the molecule is CCc1cc(CNCCSc2ccccc2)n(C)n1. The number of nitrogens with zero attached hydrogens (tertiary/aromatic N) is 2. The Morgan fingerprint density at radius 2 is 2.05 bits per heavy atom. The normalized spacial score (nSPS) is 10.8. The molecule has 0 unspecified atom stereocenters. The van der Waals surface area contributed by atoms with Crippen molar-refractivity contribution in [3.8, 4) is 0 Å². The standard InChI is InChI=1S/C15H21N3S/c1-3-13-11-14(18(2)17-13)12-16-9-10-19-15-7-5-4-6-8-15/h4-8,11,16H,3,9-10,12H2,1-2H3. The highest BCUT2D eigenvalue weighted by Crippen LogP contribution is 2.15. The monoisotopic (exact) mass is 275 g/mol. The van der Waals surface area contributed by atoms with E-state index in [1.807, 2.05) is 23.5 Å². The molecule has 0 aliphatic rings. The Balaban J connectivity index is 1.68. The first kappa shape index (κ1) is 14.2. The van der Waals surface area contributed by atoms with Crippen molar-refractivity contribution in [1.82, 2.24) is 15.1 Å². The zero-order valence-electron chi connectivity index (χ0n) is 11.6. The summed E-state index contributed by atoms with van der Waals surface area (Å²) in [5.41, 5.74) is 2.42. The van der Waals surface area contributed by atoms with Crippen LogP contribution in [0.4, 0.5) is 0 Å². The molecule has 3 nitrogen and oxygen atoms in total.